The summed E-state index contributed by atoms with van der Waals surface area (Å²) in [4.78, 5) is 0. The topological polar surface area (TPSA) is 78.6 Å². The van der Waals surface area contributed by atoms with E-state index in [0.29, 0.717) is 17.0 Å². The number of ether oxygens (including phenoxy) is 2. The van der Waals surface area contributed by atoms with Gasteiger partial charge in [0.05, 0.1) is 5.75 Å². The van der Waals surface area contributed by atoms with E-state index in [1.165, 1.54) is 12.1 Å². The van der Waals surface area contributed by atoms with E-state index >= 15 is 0 Å². The Morgan fingerprint density at radius 2 is 1.74 bits per heavy atom. The minimum absolute atomic E-state index is 0.0824. The van der Waals surface area contributed by atoms with E-state index in [0.717, 1.165) is 12.1 Å². The van der Waals surface area contributed by atoms with Crippen molar-refractivity contribution in [2.45, 2.75) is 13.3 Å². The van der Waals surface area contributed by atoms with E-state index in [1.807, 2.05) is 0 Å². The Kier molecular flexibility index (Phi) is 6.44. The third-order valence-electron chi connectivity index (χ3n) is 4.73. The van der Waals surface area contributed by atoms with Gasteiger partial charge in [0.15, 0.2) is 5.69 Å². The Morgan fingerprint density at radius 3 is 2.35 bits per heavy atom. The lowest BCUT2D eigenvalue weighted by atomic mass is 10.2. The van der Waals surface area contributed by atoms with Crippen LogP contribution in [0.2, 0.25) is 0 Å². The molecule has 2 aromatic carbocycles. The average Bonchev–Trinajstić information content (AvgIpc) is 2.74. The molecule has 2 N–H and O–H groups in total. The third-order valence-corrected chi connectivity index (χ3v) is 6.92. The standard InChI is InChI=1S/C21H22F3N2O4S/c1-2-31(27,28)26(12-4-5-16(14-25)15-26)17-6-3-7-20(13-17)29-18-8-10-19(11-9-18)30-21(22,23)24/h3-11,13,15H,2,12,14,25H2,1H3/q+1. The molecular weight excluding hydrogens is 433 g/mol. The van der Waals surface area contributed by atoms with E-state index in [-0.39, 0.29) is 30.3 Å². The molecule has 0 amide bonds. The first-order valence-electron chi connectivity index (χ1n) is 9.42. The van der Waals surface area contributed by atoms with E-state index in [4.69, 9.17) is 10.5 Å². The summed E-state index contributed by atoms with van der Waals surface area (Å²) in [5.74, 6) is 0.157. The van der Waals surface area contributed by atoms with Crippen LogP contribution in [-0.4, -0.2) is 33.6 Å². The summed E-state index contributed by atoms with van der Waals surface area (Å²) in [7, 11) is -3.62. The molecule has 0 bridgehead atoms. The Labute approximate surface area is 178 Å². The van der Waals surface area contributed by atoms with Gasteiger partial charge in [-0.25, -0.2) is 0 Å². The summed E-state index contributed by atoms with van der Waals surface area (Å²) in [5, 5.41) is 0. The monoisotopic (exact) mass is 455 g/mol. The van der Waals surface area contributed by atoms with E-state index < -0.39 is 20.3 Å². The second kappa shape index (κ2) is 8.74. The molecule has 6 nitrogen and oxygen atoms in total. The predicted molar refractivity (Wildman–Crippen MR) is 112 cm³/mol. The Bertz CT molecular complexity index is 1100. The lowest BCUT2D eigenvalue weighted by Crippen LogP contribution is -2.51. The Balaban J connectivity index is 1.93. The molecule has 10 heteroatoms. The van der Waals surface area contributed by atoms with E-state index in [2.05, 4.69) is 4.74 Å². The number of hydrogen-bond donors (Lipinski definition) is 1. The zero-order valence-corrected chi connectivity index (χ0v) is 17.5. The van der Waals surface area contributed by atoms with Crippen molar-refractivity contribution in [3.8, 4) is 17.2 Å². The normalized spacial score (nSPS) is 19.1. The van der Waals surface area contributed by atoms with Gasteiger partial charge in [-0.2, -0.15) is 12.3 Å². The highest BCUT2D eigenvalue weighted by Crippen LogP contribution is 2.36. The minimum atomic E-state index is -4.78. The number of halogens is 3. The average molecular weight is 455 g/mol. The van der Waals surface area contributed by atoms with Crippen molar-refractivity contribution < 1.29 is 31.1 Å². The summed E-state index contributed by atoms with van der Waals surface area (Å²) in [5.41, 5.74) is 6.89. The van der Waals surface area contributed by atoms with Crippen LogP contribution in [0.15, 0.2) is 72.5 Å². The molecule has 0 radical (unpaired) electrons. The molecule has 3 rings (SSSR count). The summed E-state index contributed by atoms with van der Waals surface area (Å²) >= 11 is 0. The van der Waals surface area contributed by atoms with Crippen molar-refractivity contribution in [3.05, 3.63) is 72.5 Å². The van der Waals surface area contributed by atoms with Crippen LogP contribution in [0.4, 0.5) is 18.9 Å². The maximum absolute atomic E-state index is 13.1. The van der Waals surface area contributed by atoms with Gasteiger partial charge < -0.3 is 15.2 Å². The van der Waals surface area contributed by atoms with Crippen molar-refractivity contribution in [1.29, 1.82) is 0 Å². The Hall–Kier alpha value is -2.82. The van der Waals surface area contributed by atoms with Gasteiger partial charge in [0.2, 0.25) is 0 Å². The molecule has 0 aromatic heterocycles. The molecule has 1 aliphatic rings. The fraction of sp³-hybridized carbons (Fsp3) is 0.238. The van der Waals surface area contributed by atoms with Crippen LogP contribution in [0, 0.1) is 0 Å². The van der Waals surface area contributed by atoms with E-state index in [9.17, 15) is 21.6 Å². The smallest absolute Gasteiger partial charge is 0.457 e. The highest BCUT2D eigenvalue weighted by Gasteiger charge is 2.42. The molecule has 1 aliphatic heterocycles. The number of alkyl halides is 3. The molecule has 0 saturated heterocycles. The van der Waals surface area contributed by atoms with Crippen molar-refractivity contribution in [2.75, 3.05) is 18.8 Å². The van der Waals surface area contributed by atoms with E-state index in [1.54, 1.807) is 49.5 Å². The fourth-order valence-electron chi connectivity index (χ4n) is 3.24. The molecule has 1 unspecified atom stereocenters. The summed E-state index contributed by atoms with van der Waals surface area (Å²) in [6.07, 6.45) is 0.411. The highest BCUT2D eigenvalue weighted by molar-refractivity contribution is 7.91. The van der Waals surface area contributed by atoms with Crippen LogP contribution < -0.4 is 19.1 Å². The molecule has 2 aromatic rings. The lowest BCUT2D eigenvalue weighted by molar-refractivity contribution is -0.274. The van der Waals surface area contributed by atoms with Gasteiger partial charge in [0, 0.05) is 24.3 Å². The quantitative estimate of drug-likeness (QED) is 0.625. The number of quaternary nitrogens is 1. The van der Waals surface area contributed by atoms with Gasteiger partial charge >= 0.3 is 16.4 Å². The molecule has 31 heavy (non-hydrogen) atoms. The molecule has 0 spiro atoms. The number of nitrogens with zero attached hydrogens (tertiary/aromatic N) is 1. The first-order chi connectivity index (χ1) is 14.6. The third kappa shape index (κ3) is 5.09. The van der Waals surface area contributed by atoms with Gasteiger partial charge in [0.25, 0.3) is 0 Å². The second-order valence-corrected chi connectivity index (χ2v) is 9.17. The summed E-state index contributed by atoms with van der Waals surface area (Å²) in [6, 6.07) is 11.5. The number of sulfonamides is 1. The maximum atomic E-state index is 13.1. The fourth-order valence-corrected chi connectivity index (χ4v) is 4.74. The Morgan fingerprint density at radius 1 is 1.06 bits per heavy atom. The zero-order chi connectivity index (χ0) is 22.7. The van der Waals surface area contributed by atoms with Crippen molar-refractivity contribution in [3.63, 3.8) is 0 Å². The molecule has 1 heterocycles. The lowest BCUT2D eigenvalue weighted by Gasteiger charge is -2.34. The van der Waals surface area contributed by atoms with Crippen LogP contribution in [0.3, 0.4) is 0 Å². The van der Waals surface area contributed by atoms with Gasteiger partial charge in [-0.1, -0.05) is 12.1 Å². The minimum Gasteiger partial charge on any atom is -0.457 e. The second-order valence-electron chi connectivity index (χ2n) is 6.78. The first kappa shape index (κ1) is 22.9. The largest absolute Gasteiger partial charge is 0.573 e. The van der Waals surface area contributed by atoms with Crippen molar-refractivity contribution in [1.82, 2.24) is 3.89 Å². The zero-order valence-electron chi connectivity index (χ0n) is 16.7. The van der Waals surface area contributed by atoms with Crippen LogP contribution in [0.1, 0.15) is 6.92 Å². The van der Waals surface area contributed by atoms with Crippen LogP contribution in [0.5, 0.6) is 17.2 Å². The number of benzene rings is 2. The van der Waals surface area contributed by atoms with Crippen molar-refractivity contribution in [2.24, 2.45) is 5.73 Å². The molecule has 1 atom stereocenters. The number of hydrogen-bond acceptors (Lipinski definition) is 5. The molecule has 0 saturated carbocycles. The molecule has 0 fully saturated rings. The number of rotatable bonds is 7. The summed E-state index contributed by atoms with van der Waals surface area (Å²) in [6.45, 7) is 1.97. The first-order valence-corrected chi connectivity index (χ1v) is 11.0. The molecule has 166 valence electrons. The van der Waals surface area contributed by atoms with Gasteiger partial charge in [0.1, 0.15) is 30.0 Å². The predicted octanol–water partition coefficient (Wildman–Crippen LogP) is 4.45. The molecule has 0 aliphatic carbocycles. The summed E-state index contributed by atoms with van der Waals surface area (Å²) < 4.78 is 72.2. The SMILES string of the molecule is CCS(=O)(=O)[N+]1(c2cccc(Oc3ccc(OC(F)(F)F)cc3)c2)C=C(CN)C=CC1. The molecular formula is C21H22F3N2O4S+. The van der Waals surface area contributed by atoms with Crippen molar-refractivity contribution >= 4 is 15.7 Å². The van der Waals surface area contributed by atoms with Crippen LogP contribution in [-0.2, 0) is 10.0 Å². The van der Waals surface area contributed by atoms with Gasteiger partial charge in [-0.15, -0.1) is 13.2 Å². The van der Waals surface area contributed by atoms with Gasteiger partial charge in [-0.05, 0) is 43.3 Å². The van der Waals surface area contributed by atoms with Crippen LogP contribution >= 0.6 is 0 Å². The number of nitrogens with two attached hydrogens (primary N) is 1. The maximum Gasteiger partial charge on any atom is 0.573 e. The highest BCUT2D eigenvalue weighted by atomic mass is 32.2. The van der Waals surface area contributed by atoms with Gasteiger partial charge in [-0.3, -0.25) is 0 Å². The van der Waals surface area contributed by atoms with Crippen LogP contribution in [0.25, 0.3) is 0 Å².